The molecule has 9 aromatic carbocycles. The Balaban J connectivity index is 1.01. The lowest BCUT2D eigenvalue weighted by molar-refractivity contribution is 0.620. The molecular weight excluding hydrogens is 695 g/mol. The van der Waals surface area contributed by atoms with E-state index in [0.717, 1.165) is 61.3 Å². The maximum Gasteiger partial charge on any atom is 0.227 e. The van der Waals surface area contributed by atoms with Crippen LogP contribution < -0.4 is 4.90 Å². The SMILES string of the molecule is c1ccc(-c2ccc(N(c3ccc(-c4cccc5ccc6oc(-c7ccccc7)nc6c45)cc3)c3ccc(-n4c5ccccc5c5ccccc54)cc3)cc2)cc1. The van der Waals surface area contributed by atoms with Gasteiger partial charge in [-0.15, -0.1) is 0 Å². The van der Waals surface area contributed by atoms with Crippen molar-refractivity contribution in [2.45, 2.75) is 0 Å². The molecule has 268 valence electrons. The number of oxazole rings is 1. The molecule has 11 aromatic rings. The van der Waals surface area contributed by atoms with Gasteiger partial charge in [-0.1, -0.05) is 133 Å². The summed E-state index contributed by atoms with van der Waals surface area (Å²) < 4.78 is 8.66. The summed E-state index contributed by atoms with van der Waals surface area (Å²) in [6.45, 7) is 0. The van der Waals surface area contributed by atoms with Crippen molar-refractivity contribution in [3.05, 3.63) is 212 Å². The van der Waals surface area contributed by atoms with Gasteiger partial charge in [-0.2, -0.15) is 0 Å². The Morgan fingerprint density at radius 1 is 0.404 bits per heavy atom. The number of hydrogen-bond donors (Lipinski definition) is 0. The Hall–Kier alpha value is -7.69. The van der Waals surface area contributed by atoms with Crippen molar-refractivity contribution in [3.63, 3.8) is 0 Å². The third-order valence-corrected chi connectivity index (χ3v) is 11.0. The van der Waals surface area contributed by atoms with E-state index in [0.29, 0.717) is 5.89 Å². The summed E-state index contributed by atoms with van der Waals surface area (Å²) in [5, 5.41) is 4.72. The lowest BCUT2D eigenvalue weighted by Crippen LogP contribution is -2.10. The lowest BCUT2D eigenvalue weighted by Gasteiger charge is -2.26. The fourth-order valence-corrected chi connectivity index (χ4v) is 8.33. The summed E-state index contributed by atoms with van der Waals surface area (Å²) in [4.78, 5) is 7.37. The molecule has 0 atom stereocenters. The first-order valence-electron chi connectivity index (χ1n) is 19.3. The number of aromatic nitrogens is 2. The second-order valence-corrected chi connectivity index (χ2v) is 14.4. The van der Waals surface area contributed by atoms with Crippen LogP contribution in [-0.4, -0.2) is 9.55 Å². The summed E-state index contributed by atoms with van der Waals surface area (Å²) >= 11 is 0. The van der Waals surface area contributed by atoms with Crippen LogP contribution in [0.15, 0.2) is 217 Å². The average molecular weight is 730 g/mol. The van der Waals surface area contributed by atoms with Gasteiger partial charge in [0.05, 0.1) is 11.0 Å². The molecule has 11 rings (SSSR count). The monoisotopic (exact) mass is 729 g/mol. The molecule has 57 heavy (non-hydrogen) atoms. The minimum Gasteiger partial charge on any atom is -0.436 e. The lowest BCUT2D eigenvalue weighted by atomic mass is 9.97. The van der Waals surface area contributed by atoms with Gasteiger partial charge >= 0.3 is 0 Å². The molecular formula is C53H35N3O. The second kappa shape index (κ2) is 13.6. The maximum absolute atomic E-state index is 6.29. The Morgan fingerprint density at radius 2 is 0.930 bits per heavy atom. The zero-order valence-electron chi connectivity index (χ0n) is 31.0. The van der Waals surface area contributed by atoms with Crippen LogP contribution in [0, 0.1) is 0 Å². The van der Waals surface area contributed by atoms with Crippen LogP contribution in [0.4, 0.5) is 17.1 Å². The zero-order valence-corrected chi connectivity index (χ0v) is 31.0. The number of hydrogen-bond acceptors (Lipinski definition) is 3. The molecule has 0 fully saturated rings. The van der Waals surface area contributed by atoms with E-state index < -0.39 is 0 Å². The smallest absolute Gasteiger partial charge is 0.227 e. The second-order valence-electron chi connectivity index (χ2n) is 14.4. The van der Waals surface area contributed by atoms with Crippen LogP contribution in [-0.2, 0) is 0 Å². The molecule has 0 bridgehead atoms. The molecule has 4 nitrogen and oxygen atoms in total. The maximum atomic E-state index is 6.29. The fourth-order valence-electron chi connectivity index (χ4n) is 8.33. The van der Waals surface area contributed by atoms with Gasteiger partial charge in [0.1, 0.15) is 5.52 Å². The molecule has 0 saturated heterocycles. The van der Waals surface area contributed by atoms with E-state index in [4.69, 9.17) is 9.40 Å². The molecule has 0 spiro atoms. The molecule has 0 aliphatic carbocycles. The normalized spacial score (nSPS) is 11.5. The minimum absolute atomic E-state index is 0.626. The van der Waals surface area contributed by atoms with Gasteiger partial charge < -0.3 is 13.9 Å². The summed E-state index contributed by atoms with van der Waals surface area (Å²) in [6, 6.07) is 75.2. The van der Waals surface area contributed by atoms with Crippen molar-refractivity contribution in [3.8, 4) is 39.4 Å². The van der Waals surface area contributed by atoms with Gasteiger partial charge in [0, 0.05) is 44.5 Å². The predicted molar refractivity (Wildman–Crippen MR) is 237 cm³/mol. The van der Waals surface area contributed by atoms with Crippen LogP contribution in [0.3, 0.4) is 0 Å². The molecule has 0 aliphatic heterocycles. The first-order valence-corrected chi connectivity index (χ1v) is 19.3. The van der Waals surface area contributed by atoms with Crippen molar-refractivity contribution in [1.29, 1.82) is 0 Å². The van der Waals surface area contributed by atoms with Gasteiger partial charge in [-0.3, -0.25) is 0 Å². The predicted octanol–water partition coefficient (Wildman–Crippen LogP) is 14.5. The summed E-state index contributed by atoms with van der Waals surface area (Å²) in [5.74, 6) is 0.626. The molecule has 2 heterocycles. The van der Waals surface area contributed by atoms with Crippen molar-refractivity contribution in [2.75, 3.05) is 4.90 Å². The van der Waals surface area contributed by atoms with Crippen LogP contribution in [0.2, 0.25) is 0 Å². The third-order valence-electron chi connectivity index (χ3n) is 11.0. The van der Waals surface area contributed by atoms with Gasteiger partial charge in [0.2, 0.25) is 5.89 Å². The first kappa shape index (κ1) is 32.7. The Morgan fingerprint density at radius 3 is 1.56 bits per heavy atom. The van der Waals surface area contributed by atoms with Gasteiger partial charge in [-0.25, -0.2) is 4.98 Å². The largest absolute Gasteiger partial charge is 0.436 e. The molecule has 4 heteroatoms. The quantitative estimate of drug-likeness (QED) is 0.164. The Bertz CT molecular complexity index is 3150. The van der Waals surface area contributed by atoms with Gasteiger partial charge in [0.25, 0.3) is 0 Å². The number of para-hydroxylation sites is 2. The van der Waals surface area contributed by atoms with Crippen molar-refractivity contribution in [2.24, 2.45) is 0 Å². The third kappa shape index (κ3) is 5.66. The van der Waals surface area contributed by atoms with Gasteiger partial charge in [-0.05, 0) is 107 Å². The Kier molecular flexibility index (Phi) is 7.78. The molecule has 0 saturated carbocycles. The fraction of sp³-hybridized carbons (Fsp3) is 0. The molecule has 0 aliphatic rings. The van der Waals surface area contributed by atoms with Crippen LogP contribution >= 0.6 is 0 Å². The van der Waals surface area contributed by atoms with Crippen molar-refractivity contribution >= 4 is 60.7 Å². The van der Waals surface area contributed by atoms with Crippen molar-refractivity contribution < 1.29 is 4.42 Å². The standard InChI is InChI=1S/C53H35N3O/c1-3-12-36(13-4-1)37-22-27-41(28-23-37)55(43-31-33-44(34-32-43)56-48-20-9-7-17-46(48)47-18-8-10-21-49(47)56)42-29-24-38(25-30-42)45-19-11-16-39-26-35-50-52(51(39)45)54-53(57-50)40-14-5-2-6-15-40/h1-35H. The number of rotatable bonds is 7. The van der Waals surface area contributed by atoms with E-state index in [1.165, 1.54) is 32.9 Å². The van der Waals surface area contributed by atoms with Crippen LogP contribution in [0.1, 0.15) is 0 Å². The van der Waals surface area contributed by atoms with E-state index in [1.54, 1.807) is 0 Å². The van der Waals surface area contributed by atoms with Gasteiger partial charge in [0.15, 0.2) is 5.58 Å². The summed E-state index contributed by atoms with van der Waals surface area (Å²) in [7, 11) is 0. The molecule has 0 unspecified atom stereocenters. The molecule has 0 radical (unpaired) electrons. The topological polar surface area (TPSA) is 34.2 Å². The van der Waals surface area contributed by atoms with E-state index in [1.807, 2.05) is 36.4 Å². The van der Waals surface area contributed by atoms with Crippen LogP contribution in [0.25, 0.3) is 83.1 Å². The highest BCUT2D eigenvalue weighted by atomic mass is 16.3. The van der Waals surface area contributed by atoms with E-state index in [9.17, 15) is 0 Å². The van der Waals surface area contributed by atoms with E-state index >= 15 is 0 Å². The minimum atomic E-state index is 0.626. The van der Waals surface area contributed by atoms with Crippen LogP contribution in [0.5, 0.6) is 0 Å². The average Bonchev–Trinajstić information content (AvgIpc) is 3.88. The summed E-state index contributed by atoms with van der Waals surface area (Å²) in [5.41, 5.74) is 13.9. The number of fused-ring (bicyclic) bond motifs is 6. The first-order chi connectivity index (χ1) is 28.3. The van der Waals surface area contributed by atoms with Crippen molar-refractivity contribution in [1.82, 2.24) is 9.55 Å². The molecule has 0 amide bonds. The highest BCUT2D eigenvalue weighted by Gasteiger charge is 2.18. The summed E-state index contributed by atoms with van der Waals surface area (Å²) in [6.07, 6.45) is 0. The van der Waals surface area contributed by atoms with E-state index in [2.05, 4.69) is 185 Å². The number of anilines is 3. The highest BCUT2D eigenvalue weighted by molar-refractivity contribution is 6.12. The molecule has 0 N–H and O–H groups in total. The highest BCUT2D eigenvalue weighted by Crippen LogP contribution is 2.41. The zero-order chi connectivity index (χ0) is 37.7. The number of nitrogens with zero attached hydrogens (tertiary/aromatic N) is 3. The number of benzene rings is 9. The van der Waals surface area contributed by atoms with E-state index in [-0.39, 0.29) is 0 Å². The molecule has 2 aromatic heterocycles. The Labute approximate surface area is 330 Å².